The first-order valence-corrected chi connectivity index (χ1v) is 8.12. The normalized spacial score (nSPS) is 12.2. The number of carboxylic acid groups (broad SMARTS) is 1. The maximum atomic E-state index is 12.9. The minimum absolute atomic E-state index is 0.179. The van der Waals surface area contributed by atoms with Crippen molar-refractivity contribution in [3.8, 4) is 0 Å². The molecule has 2 aromatic rings. The van der Waals surface area contributed by atoms with Gasteiger partial charge in [-0.25, -0.2) is 4.79 Å². The Balaban J connectivity index is 2.30. The number of hydrogen-bond acceptors (Lipinski definition) is 2. The van der Waals surface area contributed by atoms with Crippen molar-refractivity contribution in [1.82, 2.24) is 5.32 Å². The van der Waals surface area contributed by atoms with Crippen LogP contribution in [-0.2, 0) is 9.59 Å². The first kappa shape index (κ1) is 17.7. The van der Waals surface area contributed by atoms with Crippen LogP contribution in [0.3, 0.4) is 0 Å². The summed E-state index contributed by atoms with van der Waals surface area (Å²) in [4.78, 5) is 24.3. The fraction of sp³-hybridized carbons (Fsp3) is 0.300. The van der Waals surface area contributed by atoms with E-state index in [2.05, 4.69) is 5.32 Å². The first-order chi connectivity index (χ1) is 11.5. The highest BCUT2D eigenvalue weighted by molar-refractivity contribution is 5.90. The van der Waals surface area contributed by atoms with E-state index in [4.69, 9.17) is 0 Å². The van der Waals surface area contributed by atoms with Crippen molar-refractivity contribution in [2.45, 2.75) is 32.2 Å². The zero-order valence-corrected chi connectivity index (χ0v) is 14.0. The van der Waals surface area contributed by atoms with Gasteiger partial charge in [0.1, 0.15) is 6.04 Å². The van der Waals surface area contributed by atoms with Crippen LogP contribution in [0.4, 0.5) is 0 Å². The van der Waals surface area contributed by atoms with Crippen LogP contribution in [0.1, 0.15) is 37.3 Å². The number of carbonyl (C=O) groups is 2. The molecule has 0 aliphatic carbocycles. The van der Waals surface area contributed by atoms with Crippen LogP contribution < -0.4 is 5.32 Å². The van der Waals surface area contributed by atoms with Gasteiger partial charge in [-0.1, -0.05) is 74.5 Å². The van der Waals surface area contributed by atoms with E-state index in [1.807, 2.05) is 74.5 Å². The van der Waals surface area contributed by atoms with E-state index in [0.717, 1.165) is 11.1 Å². The first-order valence-electron chi connectivity index (χ1n) is 8.12. The summed E-state index contributed by atoms with van der Waals surface area (Å²) in [7, 11) is 0. The number of carbonyl (C=O) groups excluding carboxylic acids is 1. The third kappa shape index (κ3) is 4.69. The fourth-order valence-electron chi connectivity index (χ4n) is 2.73. The topological polar surface area (TPSA) is 66.4 Å². The smallest absolute Gasteiger partial charge is 0.326 e. The Morgan fingerprint density at radius 3 is 1.75 bits per heavy atom. The van der Waals surface area contributed by atoms with Crippen molar-refractivity contribution < 1.29 is 14.7 Å². The quantitative estimate of drug-likeness (QED) is 0.819. The second kappa shape index (κ2) is 8.29. The van der Waals surface area contributed by atoms with Gasteiger partial charge in [-0.2, -0.15) is 0 Å². The molecule has 0 saturated heterocycles. The van der Waals surface area contributed by atoms with Crippen molar-refractivity contribution in [2.24, 2.45) is 5.92 Å². The van der Waals surface area contributed by atoms with Gasteiger partial charge < -0.3 is 10.4 Å². The molecule has 1 atom stereocenters. The summed E-state index contributed by atoms with van der Waals surface area (Å²) in [6, 6.07) is 17.9. The molecule has 0 fully saturated rings. The summed E-state index contributed by atoms with van der Waals surface area (Å²) < 4.78 is 0. The number of rotatable bonds is 7. The standard InChI is InChI=1S/C20H23NO3/c1-14(2)13-17(20(23)24)21-19(22)18(15-9-5-3-6-10-15)16-11-7-4-8-12-16/h3-12,14,17-18H,13H2,1-2H3,(H,21,22)(H,23,24)/t17-/m1/s1. The van der Waals surface area contributed by atoms with Crippen molar-refractivity contribution >= 4 is 11.9 Å². The zero-order chi connectivity index (χ0) is 17.5. The van der Waals surface area contributed by atoms with E-state index in [1.54, 1.807) is 0 Å². The van der Waals surface area contributed by atoms with E-state index in [0.29, 0.717) is 6.42 Å². The summed E-state index contributed by atoms with van der Waals surface area (Å²) >= 11 is 0. The van der Waals surface area contributed by atoms with Gasteiger partial charge in [-0.3, -0.25) is 4.79 Å². The average Bonchev–Trinajstić information content (AvgIpc) is 2.56. The van der Waals surface area contributed by atoms with Crippen molar-refractivity contribution in [2.75, 3.05) is 0 Å². The third-order valence-electron chi connectivity index (χ3n) is 3.85. The lowest BCUT2D eigenvalue weighted by Gasteiger charge is -2.22. The van der Waals surface area contributed by atoms with Crippen LogP contribution in [0, 0.1) is 5.92 Å². The molecule has 2 rings (SSSR count). The summed E-state index contributed by atoms with van der Waals surface area (Å²) in [5, 5.41) is 12.1. The van der Waals surface area contributed by atoms with Gasteiger partial charge in [-0.15, -0.1) is 0 Å². The van der Waals surface area contributed by atoms with Gasteiger partial charge in [0.2, 0.25) is 5.91 Å². The lowest BCUT2D eigenvalue weighted by atomic mass is 9.90. The number of amides is 1. The van der Waals surface area contributed by atoms with Gasteiger partial charge in [-0.05, 0) is 23.5 Å². The molecule has 0 saturated carbocycles. The Labute approximate surface area is 142 Å². The molecule has 4 nitrogen and oxygen atoms in total. The largest absolute Gasteiger partial charge is 0.480 e. The predicted octanol–water partition coefficient (Wildman–Crippen LogP) is 3.43. The number of nitrogens with one attached hydrogen (secondary N) is 1. The van der Waals surface area contributed by atoms with E-state index in [1.165, 1.54) is 0 Å². The molecule has 0 spiro atoms. The SMILES string of the molecule is CC(C)C[C@@H](NC(=O)C(c1ccccc1)c1ccccc1)C(=O)O. The number of aliphatic carboxylic acids is 1. The second-order valence-corrected chi connectivity index (χ2v) is 6.28. The van der Waals surface area contributed by atoms with Crippen molar-refractivity contribution in [3.05, 3.63) is 71.8 Å². The molecule has 1 amide bonds. The highest BCUT2D eigenvalue weighted by Crippen LogP contribution is 2.25. The minimum atomic E-state index is -1.00. The van der Waals surface area contributed by atoms with Crippen molar-refractivity contribution in [3.63, 3.8) is 0 Å². The fourth-order valence-corrected chi connectivity index (χ4v) is 2.73. The van der Waals surface area contributed by atoms with Crippen LogP contribution >= 0.6 is 0 Å². The molecular formula is C20H23NO3. The highest BCUT2D eigenvalue weighted by atomic mass is 16.4. The van der Waals surface area contributed by atoms with Crippen LogP contribution in [0.5, 0.6) is 0 Å². The Hall–Kier alpha value is -2.62. The third-order valence-corrected chi connectivity index (χ3v) is 3.85. The Morgan fingerprint density at radius 1 is 0.917 bits per heavy atom. The van der Waals surface area contributed by atoms with E-state index < -0.39 is 17.9 Å². The van der Waals surface area contributed by atoms with E-state index >= 15 is 0 Å². The average molecular weight is 325 g/mol. The molecular weight excluding hydrogens is 302 g/mol. The monoisotopic (exact) mass is 325 g/mol. The highest BCUT2D eigenvalue weighted by Gasteiger charge is 2.27. The van der Waals surface area contributed by atoms with E-state index in [9.17, 15) is 14.7 Å². The summed E-state index contributed by atoms with van der Waals surface area (Å²) in [5.41, 5.74) is 1.68. The summed E-state index contributed by atoms with van der Waals surface area (Å²) in [6.07, 6.45) is 0.400. The van der Waals surface area contributed by atoms with Gasteiger partial charge >= 0.3 is 5.97 Å². The molecule has 0 aliphatic heterocycles. The minimum Gasteiger partial charge on any atom is -0.480 e. The lowest BCUT2D eigenvalue weighted by molar-refractivity contribution is -0.142. The van der Waals surface area contributed by atoms with Gasteiger partial charge in [0.15, 0.2) is 0 Å². The number of carboxylic acids is 1. The lowest BCUT2D eigenvalue weighted by Crippen LogP contribution is -2.44. The summed E-state index contributed by atoms with van der Waals surface area (Å²) in [5.74, 6) is -1.64. The maximum Gasteiger partial charge on any atom is 0.326 e. The van der Waals surface area contributed by atoms with Gasteiger partial charge in [0.05, 0.1) is 5.92 Å². The second-order valence-electron chi connectivity index (χ2n) is 6.28. The zero-order valence-electron chi connectivity index (χ0n) is 14.0. The van der Waals surface area contributed by atoms with Gasteiger partial charge in [0.25, 0.3) is 0 Å². The molecule has 0 bridgehead atoms. The van der Waals surface area contributed by atoms with E-state index in [-0.39, 0.29) is 11.8 Å². The Morgan fingerprint density at radius 2 is 1.38 bits per heavy atom. The summed E-state index contributed by atoms with van der Waals surface area (Å²) in [6.45, 7) is 3.88. The van der Waals surface area contributed by atoms with Crippen LogP contribution in [0.2, 0.25) is 0 Å². The molecule has 2 N–H and O–H groups in total. The predicted molar refractivity (Wildman–Crippen MR) is 93.7 cm³/mol. The molecule has 0 radical (unpaired) electrons. The number of hydrogen-bond donors (Lipinski definition) is 2. The molecule has 2 aromatic carbocycles. The Kier molecular flexibility index (Phi) is 6.13. The molecule has 4 heteroatoms. The molecule has 0 aromatic heterocycles. The van der Waals surface area contributed by atoms with Crippen LogP contribution in [0.15, 0.2) is 60.7 Å². The maximum absolute atomic E-state index is 12.9. The van der Waals surface area contributed by atoms with Crippen molar-refractivity contribution in [1.29, 1.82) is 0 Å². The molecule has 0 aliphatic rings. The molecule has 0 unspecified atom stereocenters. The van der Waals surface area contributed by atoms with Crippen LogP contribution in [0.25, 0.3) is 0 Å². The Bertz CT molecular complexity index is 628. The number of benzene rings is 2. The molecule has 126 valence electrons. The van der Waals surface area contributed by atoms with Gasteiger partial charge in [0, 0.05) is 0 Å². The molecule has 24 heavy (non-hydrogen) atoms. The van der Waals surface area contributed by atoms with Crippen LogP contribution in [-0.4, -0.2) is 23.0 Å². The molecule has 0 heterocycles.